The Morgan fingerprint density at radius 2 is 1.62 bits per heavy atom. The molecule has 1 N–H and O–H groups in total. The van der Waals surface area contributed by atoms with Crippen LogP contribution in [0.1, 0.15) is 56.0 Å². The number of fused-ring (bicyclic) bond motifs is 3. The van der Waals surface area contributed by atoms with Crippen LogP contribution in [0.3, 0.4) is 0 Å². The first-order valence-electron chi connectivity index (χ1n) is 11.8. The lowest BCUT2D eigenvalue weighted by Crippen LogP contribution is -2.43. The second-order valence-electron chi connectivity index (χ2n) is 10.5. The normalized spacial score (nSPS) is 26.1. The highest BCUT2D eigenvalue weighted by Gasteiger charge is 2.71. The van der Waals surface area contributed by atoms with Crippen LogP contribution in [0.15, 0.2) is 71.9 Å². The molecule has 2 atom stereocenters. The molecule has 3 aromatic rings. The maximum atomic E-state index is 13.9. The van der Waals surface area contributed by atoms with Crippen molar-refractivity contribution in [3.63, 3.8) is 0 Å². The average molecular weight is 455 g/mol. The number of oxime groups is 1. The molecule has 0 saturated heterocycles. The number of anilines is 1. The fraction of sp³-hybridized carbons (Fsp3) is 0.345. The molecule has 0 aromatic heterocycles. The molecule has 3 aromatic carbocycles. The Kier molecular flexibility index (Phi) is 5.12. The van der Waals surface area contributed by atoms with Gasteiger partial charge < -0.3 is 10.2 Å². The third kappa shape index (κ3) is 3.17. The molecule has 0 spiro atoms. The standard InChI is InChI=1S/C29H30N2O3/c1-19-12-14-21(15-13-19)25(32)34-31-24-18-29(17-16-28(24,4)27(29,2)3)26(33)30-23-11-7-9-20-8-5-6-10-22(20)23/h5-15H,16-18H2,1-4H3,(H,30,33). The predicted octanol–water partition coefficient (Wildman–Crippen LogP) is 6.52. The zero-order valence-electron chi connectivity index (χ0n) is 20.1. The molecule has 0 radical (unpaired) electrons. The Hall–Kier alpha value is -3.47. The summed E-state index contributed by atoms with van der Waals surface area (Å²) in [6.45, 7) is 8.40. The number of benzene rings is 3. The van der Waals surface area contributed by atoms with Crippen molar-refractivity contribution in [1.29, 1.82) is 0 Å². The lowest BCUT2D eigenvalue weighted by Gasteiger charge is -2.39. The van der Waals surface area contributed by atoms with Crippen molar-refractivity contribution < 1.29 is 14.4 Å². The van der Waals surface area contributed by atoms with Crippen LogP contribution in [0.2, 0.25) is 0 Å². The Balaban J connectivity index is 1.43. The predicted molar refractivity (Wildman–Crippen MR) is 135 cm³/mol. The van der Waals surface area contributed by atoms with E-state index in [1.165, 1.54) is 0 Å². The number of rotatable bonds is 4. The largest absolute Gasteiger partial charge is 0.365 e. The minimum atomic E-state index is -0.617. The van der Waals surface area contributed by atoms with Crippen LogP contribution in [0.25, 0.3) is 10.8 Å². The molecule has 5 heteroatoms. The molecule has 2 bridgehead atoms. The number of nitrogens with one attached hydrogen (secondary N) is 1. The maximum Gasteiger partial charge on any atom is 0.365 e. The van der Waals surface area contributed by atoms with Gasteiger partial charge >= 0.3 is 5.97 Å². The number of amides is 1. The Morgan fingerprint density at radius 3 is 2.38 bits per heavy atom. The van der Waals surface area contributed by atoms with Crippen LogP contribution in [-0.4, -0.2) is 17.6 Å². The number of carbonyl (C=O) groups is 2. The van der Waals surface area contributed by atoms with Crippen molar-refractivity contribution >= 4 is 34.0 Å². The Morgan fingerprint density at radius 1 is 0.912 bits per heavy atom. The Bertz CT molecular complexity index is 1320. The molecule has 5 rings (SSSR count). The topological polar surface area (TPSA) is 67.8 Å². The summed E-state index contributed by atoms with van der Waals surface area (Å²) in [6.07, 6.45) is 2.08. The van der Waals surface area contributed by atoms with Crippen molar-refractivity contribution in [1.82, 2.24) is 0 Å². The third-order valence-electron chi connectivity index (χ3n) is 8.73. The molecule has 2 unspecified atom stereocenters. The van der Waals surface area contributed by atoms with E-state index >= 15 is 0 Å². The van der Waals surface area contributed by atoms with Gasteiger partial charge in [0.1, 0.15) is 0 Å². The summed E-state index contributed by atoms with van der Waals surface area (Å²) in [5.74, 6) is -0.474. The molecule has 0 aliphatic heterocycles. The van der Waals surface area contributed by atoms with E-state index in [1.807, 2.05) is 61.5 Å². The summed E-state index contributed by atoms with van der Waals surface area (Å²) in [7, 11) is 0. The van der Waals surface area contributed by atoms with Crippen LogP contribution in [-0.2, 0) is 9.63 Å². The number of hydrogen-bond acceptors (Lipinski definition) is 4. The Labute approximate surface area is 200 Å². The molecule has 2 fully saturated rings. The van der Waals surface area contributed by atoms with Gasteiger partial charge in [0, 0.05) is 22.9 Å². The fourth-order valence-corrected chi connectivity index (χ4v) is 5.94. The molecule has 2 aliphatic carbocycles. The average Bonchev–Trinajstić information content (AvgIpc) is 3.14. The van der Waals surface area contributed by atoms with Gasteiger partial charge in [-0.3, -0.25) is 4.79 Å². The summed E-state index contributed by atoms with van der Waals surface area (Å²) < 4.78 is 0. The van der Waals surface area contributed by atoms with E-state index in [0.29, 0.717) is 12.0 Å². The first-order chi connectivity index (χ1) is 16.2. The highest BCUT2D eigenvalue weighted by Crippen LogP contribution is 2.71. The van der Waals surface area contributed by atoms with Crippen molar-refractivity contribution in [3.8, 4) is 0 Å². The van der Waals surface area contributed by atoms with E-state index in [-0.39, 0.29) is 16.7 Å². The molecular formula is C29H30N2O3. The van der Waals surface area contributed by atoms with Gasteiger partial charge in [0.05, 0.1) is 16.7 Å². The van der Waals surface area contributed by atoms with Crippen LogP contribution in [0.4, 0.5) is 5.69 Å². The number of carbonyl (C=O) groups excluding carboxylic acids is 2. The second kappa shape index (κ2) is 7.79. The fourth-order valence-electron chi connectivity index (χ4n) is 5.94. The quantitative estimate of drug-likeness (QED) is 0.361. The lowest BCUT2D eigenvalue weighted by atomic mass is 9.64. The van der Waals surface area contributed by atoms with Crippen molar-refractivity contribution in [3.05, 3.63) is 77.9 Å². The summed E-state index contributed by atoms with van der Waals surface area (Å²) in [4.78, 5) is 31.8. The van der Waals surface area contributed by atoms with Crippen LogP contribution >= 0.6 is 0 Å². The zero-order valence-corrected chi connectivity index (χ0v) is 20.1. The third-order valence-corrected chi connectivity index (χ3v) is 8.73. The van der Waals surface area contributed by atoms with Crippen LogP contribution < -0.4 is 5.32 Å². The van der Waals surface area contributed by atoms with Gasteiger partial charge in [0.25, 0.3) is 0 Å². The minimum absolute atomic E-state index is 0.00707. The molecule has 1 amide bonds. The highest BCUT2D eigenvalue weighted by molar-refractivity contribution is 6.09. The SMILES string of the molecule is Cc1ccc(C(=O)ON=C2CC3(C(=O)Nc4cccc5ccccc45)CCC2(C)C3(C)C)cc1. The van der Waals surface area contributed by atoms with Crippen molar-refractivity contribution in [2.75, 3.05) is 5.32 Å². The molecule has 5 nitrogen and oxygen atoms in total. The molecule has 2 saturated carbocycles. The minimum Gasteiger partial charge on any atom is -0.325 e. The van der Waals surface area contributed by atoms with E-state index in [2.05, 4.69) is 31.2 Å². The summed E-state index contributed by atoms with van der Waals surface area (Å²) in [5.41, 5.74) is 1.86. The summed E-state index contributed by atoms with van der Waals surface area (Å²) in [5, 5.41) is 9.69. The molecule has 2 aliphatic rings. The highest BCUT2D eigenvalue weighted by atomic mass is 16.7. The van der Waals surface area contributed by atoms with E-state index in [4.69, 9.17) is 4.84 Å². The summed E-state index contributed by atoms with van der Waals surface area (Å²) in [6, 6.07) is 21.2. The summed E-state index contributed by atoms with van der Waals surface area (Å²) >= 11 is 0. The second-order valence-corrected chi connectivity index (χ2v) is 10.5. The number of aryl methyl sites for hydroxylation is 1. The van der Waals surface area contributed by atoms with Crippen molar-refractivity contribution in [2.45, 2.75) is 47.0 Å². The van der Waals surface area contributed by atoms with Crippen LogP contribution in [0.5, 0.6) is 0 Å². The first-order valence-corrected chi connectivity index (χ1v) is 11.8. The zero-order chi connectivity index (χ0) is 24.1. The van der Waals surface area contributed by atoms with Gasteiger partial charge in [0.2, 0.25) is 5.91 Å². The smallest absolute Gasteiger partial charge is 0.325 e. The van der Waals surface area contributed by atoms with Gasteiger partial charge in [-0.05, 0) is 48.8 Å². The monoisotopic (exact) mass is 454 g/mol. The molecule has 0 heterocycles. The van der Waals surface area contributed by atoms with Gasteiger partial charge in [-0.15, -0.1) is 0 Å². The van der Waals surface area contributed by atoms with Gasteiger partial charge in [-0.1, -0.05) is 80.0 Å². The molecule has 34 heavy (non-hydrogen) atoms. The van der Waals surface area contributed by atoms with Crippen molar-refractivity contribution in [2.24, 2.45) is 21.4 Å². The lowest BCUT2D eigenvalue weighted by molar-refractivity contribution is -0.130. The van der Waals surface area contributed by atoms with E-state index < -0.39 is 11.4 Å². The number of nitrogens with zero attached hydrogens (tertiary/aromatic N) is 1. The van der Waals surface area contributed by atoms with Gasteiger partial charge in [-0.2, -0.15) is 0 Å². The van der Waals surface area contributed by atoms with E-state index in [0.717, 1.165) is 40.6 Å². The van der Waals surface area contributed by atoms with Gasteiger partial charge in [0.15, 0.2) is 0 Å². The molecule has 174 valence electrons. The first kappa shape index (κ1) is 22.3. The maximum absolute atomic E-state index is 13.9. The molecular weight excluding hydrogens is 424 g/mol. The number of hydrogen-bond donors (Lipinski definition) is 1. The van der Waals surface area contributed by atoms with Crippen LogP contribution in [0, 0.1) is 23.2 Å². The van der Waals surface area contributed by atoms with E-state index in [9.17, 15) is 9.59 Å². The van der Waals surface area contributed by atoms with Gasteiger partial charge in [-0.25, -0.2) is 4.79 Å². The van der Waals surface area contributed by atoms with E-state index in [1.54, 1.807) is 12.1 Å².